The van der Waals surface area contributed by atoms with Gasteiger partial charge in [-0.3, -0.25) is 9.59 Å². The second-order valence-electron chi connectivity index (χ2n) is 6.54. The lowest BCUT2D eigenvalue weighted by atomic mass is 10.1. The van der Waals surface area contributed by atoms with Crippen LogP contribution in [-0.2, 0) is 6.42 Å². The Balaban J connectivity index is 1.84. The maximum atomic E-state index is 12.2. The summed E-state index contributed by atoms with van der Waals surface area (Å²) in [4.78, 5) is 24.2. The summed E-state index contributed by atoms with van der Waals surface area (Å²) in [5.41, 5.74) is 2.19. The van der Waals surface area contributed by atoms with Gasteiger partial charge >= 0.3 is 0 Å². The van der Waals surface area contributed by atoms with E-state index in [1.807, 2.05) is 38.1 Å². The summed E-state index contributed by atoms with van der Waals surface area (Å²) >= 11 is 0. The summed E-state index contributed by atoms with van der Waals surface area (Å²) < 4.78 is 5.19. The molecular weight excluding hydrogens is 328 g/mol. The highest BCUT2D eigenvalue weighted by Crippen LogP contribution is 2.12. The number of amides is 2. The van der Waals surface area contributed by atoms with E-state index in [0.29, 0.717) is 30.1 Å². The van der Waals surface area contributed by atoms with Crippen LogP contribution < -0.4 is 15.4 Å². The minimum Gasteiger partial charge on any atom is -0.497 e. The van der Waals surface area contributed by atoms with E-state index in [-0.39, 0.29) is 11.8 Å². The van der Waals surface area contributed by atoms with Gasteiger partial charge in [-0.05, 0) is 54.3 Å². The van der Waals surface area contributed by atoms with Gasteiger partial charge in [0.25, 0.3) is 11.8 Å². The molecule has 5 heteroatoms. The Morgan fingerprint density at radius 2 is 1.58 bits per heavy atom. The van der Waals surface area contributed by atoms with Crippen molar-refractivity contribution in [2.45, 2.75) is 20.3 Å². The van der Waals surface area contributed by atoms with Gasteiger partial charge in [-0.2, -0.15) is 0 Å². The molecule has 2 N–H and O–H groups in total. The van der Waals surface area contributed by atoms with E-state index >= 15 is 0 Å². The van der Waals surface area contributed by atoms with Crippen molar-refractivity contribution in [2.24, 2.45) is 5.92 Å². The number of rotatable bonds is 8. The van der Waals surface area contributed by atoms with Gasteiger partial charge in [-0.1, -0.05) is 26.0 Å². The molecule has 0 aliphatic rings. The topological polar surface area (TPSA) is 67.4 Å². The fourth-order valence-corrected chi connectivity index (χ4v) is 2.42. The summed E-state index contributed by atoms with van der Waals surface area (Å²) in [5.74, 6) is 0.930. The minimum atomic E-state index is -0.151. The molecule has 2 rings (SSSR count). The Kier molecular flexibility index (Phi) is 7.21. The number of carbonyl (C=O) groups is 2. The first-order valence-corrected chi connectivity index (χ1v) is 8.79. The summed E-state index contributed by atoms with van der Waals surface area (Å²) in [7, 11) is 1.63. The van der Waals surface area contributed by atoms with Crippen LogP contribution >= 0.6 is 0 Å². The van der Waals surface area contributed by atoms with Crippen LogP contribution in [-0.4, -0.2) is 32.0 Å². The van der Waals surface area contributed by atoms with Gasteiger partial charge in [0, 0.05) is 24.2 Å². The minimum absolute atomic E-state index is 0.122. The summed E-state index contributed by atoms with van der Waals surface area (Å²) in [6, 6.07) is 14.5. The van der Waals surface area contributed by atoms with Crippen molar-refractivity contribution in [3.8, 4) is 5.75 Å². The summed E-state index contributed by atoms with van der Waals surface area (Å²) in [5, 5.41) is 5.75. The Morgan fingerprint density at radius 1 is 0.962 bits per heavy atom. The van der Waals surface area contributed by atoms with Crippen molar-refractivity contribution in [2.75, 3.05) is 20.2 Å². The molecule has 0 bridgehead atoms. The highest BCUT2D eigenvalue weighted by atomic mass is 16.5. The first-order chi connectivity index (χ1) is 12.5. The zero-order valence-electron chi connectivity index (χ0n) is 15.5. The molecule has 2 aromatic rings. The molecule has 0 saturated carbocycles. The molecule has 2 aromatic carbocycles. The first kappa shape index (κ1) is 19.5. The maximum Gasteiger partial charge on any atom is 0.251 e. The van der Waals surface area contributed by atoms with Crippen molar-refractivity contribution in [1.82, 2.24) is 10.6 Å². The predicted octanol–water partition coefficient (Wildman–Crippen LogP) is 3.05. The molecule has 26 heavy (non-hydrogen) atoms. The van der Waals surface area contributed by atoms with Crippen LogP contribution in [0.25, 0.3) is 0 Å². The van der Waals surface area contributed by atoms with Crippen molar-refractivity contribution < 1.29 is 14.3 Å². The average Bonchev–Trinajstić information content (AvgIpc) is 2.66. The van der Waals surface area contributed by atoms with Crippen LogP contribution in [0.1, 0.15) is 40.1 Å². The van der Waals surface area contributed by atoms with Crippen LogP contribution in [0.4, 0.5) is 0 Å². The maximum absolute atomic E-state index is 12.2. The number of ether oxygens (including phenoxy) is 1. The SMILES string of the molecule is COc1cccc(CCNC(=O)c2ccc(C(=O)NCC(C)C)cc2)c1. The largest absolute Gasteiger partial charge is 0.497 e. The van der Waals surface area contributed by atoms with Crippen molar-refractivity contribution >= 4 is 11.8 Å². The second-order valence-corrected chi connectivity index (χ2v) is 6.54. The molecular formula is C21H26N2O3. The van der Waals surface area contributed by atoms with Crippen LogP contribution in [0.3, 0.4) is 0 Å². The molecule has 0 heterocycles. The third-order valence-corrected chi connectivity index (χ3v) is 3.91. The molecule has 0 atom stereocenters. The van der Waals surface area contributed by atoms with E-state index in [9.17, 15) is 9.59 Å². The Morgan fingerprint density at radius 3 is 2.15 bits per heavy atom. The summed E-state index contributed by atoms with van der Waals surface area (Å²) in [6.45, 7) is 5.24. The van der Waals surface area contributed by atoms with Gasteiger partial charge in [0.1, 0.15) is 5.75 Å². The van der Waals surface area contributed by atoms with E-state index in [1.54, 1.807) is 31.4 Å². The average molecular weight is 354 g/mol. The van der Waals surface area contributed by atoms with Gasteiger partial charge in [0.2, 0.25) is 0 Å². The molecule has 0 fully saturated rings. The van der Waals surface area contributed by atoms with E-state index in [0.717, 1.165) is 17.7 Å². The molecule has 0 spiro atoms. The molecule has 0 saturated heterocycles. The third-order valence-electron chi connectivity index (χ3n) is 3.91. The lowest BCUT2D eigenvalue weighted by molar-refractivity contribution is 0.0939. The molecule has 2 amide bonds. The lowest BCUT2D eigenvalue weighted by Crippen LogP contribution is -2.28. The lowest BCUT2D eigenvalue weighted by Gasteiger charge is -2.09. The zero-order valence-corrected chi connectivity index (χ0v) is 15.5. The van der Waals surface area contributed by atoms with Crippen molar-refractivity contribution in [3.63, 3.8) is 0 Å². The first-order valence-electron chi connectivity index (χ1n) is 8.79. The van der Waals surface area contributed by atoms with E-state index in [1.165, 1.54) is 0 Å². The Bertz CT molecular complexity index is 739. The second kappa shape index (κ2) is 9.61. The van der Waals surface area contributed by atoms with Crippen LogP contribution in [0, 0.1) is 5.92 Å². The number of nitrogens with one attached hydrogen (secondary N) is 2. The number of methoxy groups -OCH3 is 1. The van der Waals surface area contributed by atoms with Crippen LogP contribution in [0.15, 0.2) is 48.5 Å². The monoisotopic (exact) mass is 354 g/mol. The number of benzene rings is 2. The van der Waals surface area contributed by atoms with Gasteiger partial charge in [0.05, 0.1) is 7.11 Å². The van der Waals surface area contributed by atoms with Crippen molar-refractivity contribution in [1.29, 1.82) is 0 Å². The normalized spacial score (nSPS) is 10.5. The molecule has 138 valence electrons. The molecule has 0 aliphatic heterocycles. The highest BCUT2D eigenvalue weighted by Gasteiger charge is 2.09. The van der Waals surface area contributed by atoms with Crippen LogP contribution in [0.2, 0.25) is 0 Å². The van der Waals surface area contributed by atoms with Crippen LogP contribution in [0.5, 0.6) is 5.75 Å². The smallest absolute Gasteiger partial charge is 0.251 e. The highest BCUT2D eigenvalue weighted by molar-refractivity contribution is 5.97. The van der Waals surface area contributed by atoms with Gasteiger partial charge < -0.3 is 15.4 Å². The van der Waals surface area contributed by atoms with Crippen molar-refractivity contribution in [3.05, 3.63) is 65.2 Å². The summed E-state index contributed by atoms with van der Waals surface area (Å²) in [6.07, 6.45) is 0.721. The number of hydrogen-bond donors (Lipinski definition) is 2. The van der Waals surface area contributed by atoms with Gasteiger partial charge in [-0.25, -0.2) is 0 Å². The van der Waals surface area contributed by atoms with Gasteiger partial charge in [0.15, 0.2) is 0 Å². The molecule has 5 nitrogen and oxygen atoms in total. The van der Waals surface area contributed by atoms with E-state index < -0.39 is 0 Å². The fraction of sp³-hybridized carbons (Fsp3) is 0.333. The predicted molar refractivity (Wildman–Crippen MR) is 103 cm³/mol. The number of carbonyl (C=O) groups excluding carboxylic acids is 2. The quantitative estimate of drug-likeness (QED) is 0.766. The Hall–Kier alpha value is -2.82. The van der Waals surface area contributed by atoms with E-state index in [4.69, 9.17) is 4.74 Å². The fourth-order valence-electron chi connectivity index (χ4n) is 2.42. The molecule has 0 unspecified atom stereocenters. The molecule has 0 aliphatic carbocycles. The number of hydrogen-bond acceptors (Lipinski definition) is 3. The zero-order chi connectivity index (χ0) is 18.9. The molecule has 0 aromatic heterocycles. The Labute approximate surface area is 154 Å². The van der Waals surface area contributed by atoms with Gasteiger partial charge in [-0.15, -0.1) is 0 Å². The van der Waals surface area contributed by atoms with E-state index in [2.05, 4.69) is 10.6 Å². The molecule has 0 radical (unpaired) electrons. The third kappa shape index (κ3) is 5.92. The standard InChI is InChI=1S/C21H26N2O3/c1-15(2)14-23-21(25)18-9-7-17(8-10-18)20(24)22-12-11-16-5-4-6-19(13-16)26-3/h4-10,13,15H,11-12,14H2,1-3H3,(H,22,24)(H,23,25).